The Kier molecular flexibility index (Phi) is 4.38. The minimum atomic E-state index is -0.160. The Labute approximate surface area is 151 Å². The molecule has 1 amide bonds. The number of aromatic nitrogens is 4. The number of benzene rings is 1. The van der Waals surface area contributed by atoms with E-state index in [1.165, 1.54) is 0 Å². The number of rotatable bonds is 4. The van der Waals surface area contributed by atoms with Crippen LogP contribution in [0.2, 0.25) is 0 Å². The first-order valence-electron chi connectivity index (χ1n) is 8.85. The van der Waals surface area contributed by atoms with Gasteiger partial charge in [-0.3, -0.25) is 4.79 Å². The molecule has 3 heterocycles. The van der Waals surface area contributed by atoms with Crippen LogP contribution >= 0.6 is 0 Å². The highest BCUT2D eigenvalue weighted by Gasteiger charge is 2.32. The molecule has 0 saturated carbocycles. The zero-order valence-corrected chi connectivity index (χ0v) is 14.9. The summed E-state index contributed by atoms with van der Waals surface area (Å²) in [5.41, 5.74) is 1.28. The average Bonchev–Trinajstić information content (AvgIpc) is 3.09. The summed E-state index contributed by atoms with van der Waals surface area (Å²) in [7, 11) is 0. The highest BCUT2D eigenvalue weighted by molar-refractivity contribution is 5.95. The lowest BCUT2D eigenvalue weighted by molar-refractivity contribution is 0.0624. The van der Waals surface area contributed by atoms with Gasteiger partial charge >= 0.3 is 0 Å². The lowest BCUT2D eigenvalue weighted by atomic mass is 10.1. The SMILES string of the molecule is CCOCc1nnc2n1CCN(C(=O)c1ccc3ccccc3n1)C2C. The molecule has 3 aromatic rings. The van der Waals surface area contributed by atoms with E-state index in [0.29, 0.717) is 32.0 Å². The summed E-state index contributed by atoms with van der Waals surface area (Å²) in [6, 6.07) is 11.4. The monoisotopic (exact) mass is 351 g/mol. The Balaban J connectivity index is 1.59. The van der Waals surface area contributed by atoms with E-state index in [0.717, 1.165) is 22.6 Å². The van der Waals surface area contributed by atoms with Crippen molar-refractivity contribution in [3.63, 3.8) is 0 Å². The van der Waals surface area contributed by atoms with Gasteiger partial charge < -0.3 is 14.2 Å². The van der Waals surface area contributed by atoms with Crippen LogP contribution in [0.3, 0.4) is 0 Å². The molecular weight excluding hydrogens is 330 g/mol. The number of hydrogen-bond acceptors (Lipinski definition) is 5. The molecule has 1 atom stereocenters. The maximum Gasteiger partial charge on any atom is 0.273 e. The van der Waals surface area contributed by atoms with Crippen molar-refractivity contribution in [2.75, 3.05) is 13.2 Å². The first-order chi connectivity index (χ1) is 12.7. The van der Waals surface area contributed by atoms with Crippen molar-refractivity contribution in [1.29, 1.82) is 0 Å². The smallest absolute Gasteiger partial charge is 0.273 e. The number of fused-ring (bicyclic) bond motifs is 2. The van der Waals surface area contributed by atoms with Crippen molar-refractivity contribution in [1.82, 2.24) is 24.6 Å². The van der Waals surface area contributed by atoms with Crippen LogP contribution in [0.4, 0.5) is 0 Å². The van der Waals surface area contributed by atoms with Crippen LogP contribution in [-0.4, -0.2) is 43.7 Å². The number of hydrogen-bond donors (Lipinski definition) is 0. The van der Waals surface area contributed by atoms with Gasteiger partial charge in [-0.25, -0.2) is 4.98 Å². The number of nitrogens with zero attached hydrogens (tertiary/aromatic N) is 5. The fourth-order valence-corrected chi connectivity index (χ4v) is 3.35. The van der Waals surface area contributed by atoms with Crippen LogP contribution in [-0.2, 0) is 17.9 Å². The van der Waals surface area contributed by atoms with E-state index >= 15 is 0 Å². The van der Waals surface area contributed by atoms with Gasteiger partial charge in [-0.2, -0.15) is 0 Å². The Morgan fingerprint density at radius 3 is 2.88 bits per heavy atom. The van der Waals surface area contributed by atoms with E-state index in [4.69, 9.17) is 4.74 Å². The maximum absolute atomic E-state index is 13.0. The molecule has 0 spiro atoms. The van der Waals surface area contributed by atoms with Gasteiger partial charge in [0.2, 0.25) is 0 Å². The van der Waals surface area contributed by atoms with Crippen LogP contribution < -0.4 is 0 Å². The van der Waals surface area contributed by atoms with E-state index in [1.54, 1.807) is 6.07 Å². The minimum Gasteiger partial charge on any atom is -0.374 e. The Morgan fingerprint density at radius 2 is 2.04 bits per heavy atom. The zero-order chi connectivity index (χ0) is 18.1. The van der Waals surface area contributed by atoms with Gasteiger partial charge in [0.1, 0.15) is 12.3 Å². The molecule has 0 saturated heterocycles. The van der Waals surface area contributed by atoms with E-state index in [-0.39, 0.29) is 11.9 Å². The maximum atomic E-state index is 13.0. The summed E-state index contributed by atoms with van der Waals surface area (Å²) >= 11 is 0. The van der Waals surface area contributed by atoms with Crippen LogP contribution in [0.15, 0.2) is 36.4 Å². The van der Waals surface area contributed by atoms with Crippen molar-refractivity contribution < 1.29 is 9.53 Å². The predicted molar refractivity (Wildman–Crippen MR) is 96.5 cm³/mol. The van der Waals surface area contributed by atoms with Crippen LogP contribution in [0.1, 0.15) is 42.0 Å². The third kappa shape index (κ3) is 2.84. The Hall–Kier alpha value is -2.80. The van der Waals surface area contributed by atoms with Gasteiger partial charge in [0.25, 0.3) is 5.91 Å². The number of para-hydroxylation sites is 1. The number of carbonyl (C=O) groups is 1. The van der Waals surface area contributed by atoms with Gasteiger partial charge in [-0.05, 0) is 26.0 Å². The van der Waals surface area contributed by atoms with Crippen molar-refractivity contribution in [2.45, 2.75) is 33.0 Å². The fraction of sp³-hybridized carbons (Fsp3) is 0.368. The zero-order valence-electron chi connectivity index (χ0n) is 14.9. The second-order valence-corrected chi connectivity index (χ2v) is 6.33. The van der Waals surface area contributed by atoms with Gasteiger partial charge in [-0.1, -0.05) is 24.3 Å². The predicted octanol–water partition coefficient (Wildman–Crippen LogP) is 2.58. The Bertz CT molecular complexity index is 952. The van der Waals surface area contributed by atoms with Crippen LogP contribution in [0, 0.1) is 0 Å². The normalized spacial score (nSPS) is 16.7. The molecule has 7 heteroatoms. The molecule has 0 radical (unpaired) electrons. The molecule has 1 aliphatic heterocycles. The lowest BCUT2D eigenvalue weighted by Crippen LogP contribution is -2.41. The molecule has 0 N–H and O–H groups in total. The highest BCUT2D eigenvalue weighted by atomic mass is 16.5. The molecule has 0 bridgehead atoms. The van der Waals surface area contributed by atoms with E-state index in [9.17, 15) is 4.79 Å². The molecular formula is C19H21N5O2. The van der Waals surface area contributed by atoms with E-state index in [2.05, 4.69) is 19.7 Å². The fourth-order valence-electron chi connectivity index (χ4n) is 3.35. The van der Waals surface area contributed by atoms with Crippen LogP contribution in [0.5, 0.6) is 0 Å². The molecule has 7 nitrogen and oxygen atoms in total. The van der Waals surface area contributed by atoms with Gasteiger partial charge in [0.15, 0.2) is 11.6 Å². The first kappa shape index (κ1) is 16.7. The third-order valence-corrected chi connectivity index (χ3v) is 4.78. The molecule has 0 aliphatic carbocycles. The second kappa shape index (κ2) is 6.84. The summed E-state index contributed by atoms with van der Waals surface area (Å²) in [4.78, 5) is 19.4. The highest BCUT2D eigenvalue weighted by Crippen LogP contribution is 2.26. The number of amides is 1. The molecule has 1 unspecified atom stereocenters. The average molecular weight is 351 g/mol. The summed E-state index contributed by atoms with van der Waals surface area (Å²) in [6.07, 6.45) is 0. The summed E-state index contributed by atoms with van der Waals surface area (Å²) in [5, 5.41) is 9.54. The molecule has 134 valence electrons. The van der Waals surface area contributed by atoms with Gasteiger partial charge in [0.05, 0.1) is 11.6 Å². The Morgan fingerprint density at radius 1 is 1.19 bits per heavy atom. The van der Waals surface area contributed by atoms with Crippen molar-refractivity contribution in [3.05, 3.63) is 53.7 Å². The van der Waals surface area contributed by atoms with Crippen molar-refractivity contribution >= 4 is 16.8 Å². The molecule has 1 aromatic carbocycles. The topological polar surface area (TPSA) is 73.1 Å². The largest absolute Gasteiger partial charge is 0.374 e. The minimum absolute atomic E-state index is 0.0798. The number of carbonyl (C=O) groups excluding carboxylic acids is 1. The van der Waals surface area contributed by atoms with Gasteiger partial charge in [-0.15, -0.1) is 10.2 Å². The van der Waals surface area contributed by atoms with Crippen molar-refractivity contribution in [3.8, 4) is 0 Å². The summed E-state index contributed by atoms with van der Waals surface area (Å²) in [6.45, 7) is 6.26. The van der Waals surface area contributed by atoms with Crippen molar-refractivity contribution in [2.24, 2.45) is 0 Å². The molecule has 26 heavy (non-hydrogen) atoms. The van der Waals surface area contributed by atoms with Crippen LogP contribution in [0.25, 0.3) is 10.9 Å². The van der Waals surface area contributed by atoms with Gasteiger partial charge in [0, 0.05) is 25.1 Å². The summed E-state index contributed by atoms with van der Waals surface area (Å²) < 4.78 is 7.50. The molecule has 0 fully saturated rings. The number of ether oxygens (including phenoxy) is 1. The number of pyridine rings is 1. The lowest BCUT2D eigenvalue weighted by Gasteiger charge is -2.33. The summed E-state index contributed by atoms with van der Waals surface area (Å²) in [5.74, 6) is 1.52. The first-order valence-corrected chi connectivity index (χ1v) is 8.85. The van der Waals surface area contributed by atoms with E-state index < -0.39 is 0 Å². The molecule has 1 aliphatic rings. The standard InChI is InChI=1S/C19H21N5O2/c1-3-26-12-17-21-22-18-13(2)23(10-11-24(17)18)19(25)16-9-8-14-6-4-5-7-15(14)20-16/h4-9,13H,3,10-12H2,1-2H3. The quantitative estimate of drug-likeness (QED) is 0.722. The third-order valence-electron chi connectivity index (χ3n) is 4.78. The second-order valence-electron chi connectivity index (χ2n) is 6.33. The van der Waals surface area contributed by atoms with E-state index in [1.807, 2.05) is 49.1 Å². The molecule has 2 aromatic heterocycles. The molecule has 4 rings (SSSR count).